The van der Waals surface area contributed by atoms with E-state index in [0.717, 1.165) is 45.3 Å². The molecule has 0 bridgehead atoms. The molecule has 1 aromatic heterocycles. The van der Waals surface area contributed by atoms with Crippen LogP contribution in [0.4, 0.5) is 0 Å². The maximum atomic E-state index is 12.4. The smallest absolute Gasteiger partial charge is 0.273 e. The van der Waals surface area contributed by atoms with Crippen LogP contribution < -0.4 is 11.1 Å². The number of oxazole rings is 1. The molecule has 1 amide bonds. The van der Waals surface area contributed by atoms with E-state index in [1.54, 1.807) is 0 Å². The van der Waals surface area contributed by atoms with Crippen LogP contribution in [0.25, 0.3) is 0 Å². The van der Waals surface area contributed by atoms with Gasteiger partial charge in [-0.05, 0) is 24.8 Å². The first-order chi connectivity index (χ1) is 12.7. The second kappa shape index (κ2) is 8.96. The molecule has 0 spiro atoms. The number of hydrogen-bond donors (Lipinski definition) is 2. The summed E-state index contributed by atoms with van der Waals surface area (Å²) in [5, 5.41) is 3.07. The Morgan fingerprint density at radius 3 is 2.77 bits per heavy atom. The van der Waals surface area contributed by atoms with Crippen LogP contribution in [0, 0.1) is 0 Å². The standard InChI is InChI=1S/C20H28N4O2/c1-2-6-17(21)20-23-18(14-26-20)19(25)22-16-9-11-24(12-10-16)13-15-7-4-3-5-8-15/h3-5,7-8,14,16-17H,2,6,9-13,21H2,1H3,(H,22,25). The number of carbonyl (C=O) groups is 1. The Kier molecular flexibility index (Phi) is 6.41. The van der Waals surface area contributed by atoms with Gasteiger partial charge >= 0.3 is 0 Å². The molecular formula is C20H28N4O2. The third kappa shape index (κ3) is 4.93. The molecule has 1 saturated heterocycles. The minimum Gasteiger partial charge on any atom is -0.446 e. The van der Waals surface area contributed by atoms with E-state index >= 15 is 0 Å². The average molecular weight is 356 g/mol. The van der Waals surface area contributed by atoms with E-state index in [9.17, 15) is 4.79 Å². The van der Waals surface area contributed by atoms with Crippen molar-refractivity contribution < 1.29 is 9.21 Å². The maximum Gasteiger partial charge on any atom is 0.273 e. The van der Waals surface area contributed by atoms with Crippen molar-refractivity contribution in [2.75, 3.05) is 13.1 Å². The summed E-state index contributed by atoms with van der Waals surface area (Å²) in [4.78, 5) is 19.1. The van der Waals surface area contributed by atoms with Gasteiger partial charge in [0.1, 0.15) is 6.26 Å². The molecule has 3 N–H and O–H groups in total. The fourth-order valence-corrected chi connectivity index (χ4v) is 3.33. The Bertz CT molecular complexity index is 693. The Hall–Kier alpha value is -2.18. The van der Waals surface area contributed by atoms with Gasteiger partial charge in [0.2, 0.25) is 5.89 Å². The number of amides is 1. The van der Waals surface area contributed by atoms with Gasteiger partial charge in [-0.1, -0.05) is 43.7 Å². The Morgan fingerprint density at radius 2 is 2.08 bits per heavy atom. The van der Waals surface area contributed by atoms with E-state index in [1.807, 2.05) is 6.07 Å². The van der Waals surface area contributed by atoms with Crippen LogP contribution in [-0.2, 0) is 6.54 Å². The van der Waals surface area contributed by atoms with Gasteiger partial charge in [-0.3, -0.25) is 9.69 Å². The van der Waals surface area contributed by atoms with Crippen molar-refractivity contribution in [3.63, 3.8) is 0 Å². The minimum absolute atomic E-state index is 0.176. The van der Waals surface area contributed by atoms with Gasteiger partial charge in [-0.25, -0.2) is 4.98 Å². The van der Waals surface area contributed by atoms with Gasteiger partial charge in [-0.2, -0.15) is 0 Å². The summed E-state index contributed by atoms with van der Waals surface area (Å²) >= 11 is 0. The molecule has 1 atom stereocenters. The lowest BCUT2D eigenvalue weighted by Crippen LogP contribution is -2.44. The van der Waals surface area contributed by atoms with Crippen LogP contribution >= 0.6 is 0 Å². The fourth-order valence-electron chi connectivity index (χ4n) is 3.33. The maximum absolute atomic E-state index is 12.4. The van der Waals surface area contributed by atoms with Crippen LogP contribution in [-0.4, -0.2) is 34.9 Å². The monoisotopic (exact) mass is 356 g/mol. The van der Waals surface area contributed by atoms with E-state index < -0.39 is 0 Å². The SMILES string of the molecule is CCCC(N)c1nc(C(=O)NC2CCN(Cc3ccccc3)CC2)co1. The van der Waals surface area contributed by atoms with E-state index in [-0.39, 0.29) is 18.0 Å². The summed E-state index contributed by atoms with van der Waals surface area (Å²) in [6.45, 7) is 4.97. The molecule has 2 heterocycles. The number of nitrogens with zero attached hydrogens (tertiary/aromatic N) is 2. The number of piperidine rings is 1. The first-order valence-electron chi connectivity index (χ1n) is 9.44. The van der Waals surface area contributed by atoms with Gasteiger partial charge < -0.3 is 15.5 Å². The molecule has 3 rings (SSSR count). The number of benzene rings is 1. The van der Waals surface area contributed by atoms with Gasteiger partial charge in [0, 0.05) is 25.7 Å². The molecule has 1 aliphatic heterocycles. The van der Waals surface area contributed by atoms with E-state index in [4.69, 9.17) is 10.2 Å². The lowest BCUT2D eigenvalue weighted by atomic mass is 10.0. The highest BCUT2D eigenvalue weighted by atomic mass is 16.3. The highest BCUT2D eigenvalue weighted by Crippen LogP contribution is 2.17. The molecule has 1 aliphatic rings. The molecule has 1 fully saturated rings. The molecule has 1 unspecified atom stereocenters. The van der Waals surface area contributed by atoms with Crippen molar-refractivity contribution in [2.24, 2.45) is 5.73 Å². The molecule has 1 aromatic carbocycles. The number of carbonyl (C=O) groups excluding carboxylic acids is 1. The van der Waals surface area contributed by atoms with Crippen LogP contribution in [0.15, 0.2) is 41.0 Å². The Morgan fingerprint density at radius 1 is 1.35 bits per heavy atom. The molecule has 140 valence electrons. The number of rotatable bonds is 7. The van der Waals surface area contributed by atoms with Crippen molar-refractivity contribution >= 4 is 5.91 Å². The summed E-state index contributed by atoms with van der Waals surface area (Å²) in [6, 6.07) is 10.4. The zero-order valence-electron chi connectivity index (χ0n) is 15.4. The molecule has 2 aromatic rings. The van der Waals surface area contributed by atoms with E-state index in [2.05, 4.69) is 46.4 Å². The van der Waals surface area contributed by atoms with Crippen molar-refractivity contribution in [3.05, 3.63) is 53.7 Å². The topological polar surface area (TPSA) is 84.4 Å². The minimum atomic E-state index is -0.247. The predicted octanol–water partition coefficient (Wildman–Crippen LogP) is 2.87. The number of hydrogen-bond acceptors (Lipinski definition) is 5. The molecule has 26 heavy (non-hydrogen) atoms. The van der Waals surface area contributed by atoms with Gasteiger partial charge in [0.05, 0.1) is 6.04 Å². The van der Waals surface area contributed by atoms with Gasteiger partial charge in [-0.15, -0.1) is 0 Å². The van der Waals surface area contributed by atoms with E-state index in [0.29, 0.717) is 11.6 Å². The molecular weight excluding hydrogens is 328 g/mol. The van der Waals surface area contributed by atoms with Crippen LogP contribution in [0.5, 0.6) is 0 Å². The van der Waals surface area contributed by atoms with Crippen molar-refractivity contribution in [2.45, 2.75) is 51.2 Å². The van der Waals surface area contributed by atoms with Crippen molar-refractivity contribution in [1.82, 2.24) is 15.2 Å². The quantitative estimate of drug-likeness (QED) is 0.797. The fraction of sp³-hybridized carbons (Fsp3) is 0.500. The third-order valence-electron chi connectivity index (χ3n) is 4.84. The molecule has 6 heteroatoms. The van der Waals surface area contributed by atoms with E-state index in [1.165, 1.54) is 11.8 Å². The first kappa shape index (κ1) is 18.6. The predicted molar refractivity (Wildman–Crippen MR) is 101 cm³/mol. The normalized spacial score (nSPS) is 17.2. The zero-order chi connectivity index (χ0) is 18.4. The third-order valence-corrected chi connectivity index (χ3v) is 4.84. The molecule has 0 radical (unpaired) electrons. The van der Waals surface area contributed by atoms with Crippen molar-refractivity contribution in [3.8, 4) is 0 Å². The Labute approximate surface area is 154 Å². The van der Waals surface area contributed by atoms with Crippen LogP contribution in [0.2, 0.25) is 0 Å². The average Bonchev–Trinajstić information content (AvgIpc) is 3.15. The highest BCUT2D eigenvalue weighted by Gasteiger charge is 2.23. The summed E-state index contributed by atoms with van der Waals surface area (Å²) < 4.78 is 5.37. The van der Waals surface area contributed by atoms with Gasteiger partial charge in [0.25, 0.3) is 5.91 Å². The first-order valence-corrected chi connectivity index (χ1v) is 9.44. The number of likely N-dealkylation sites (tertiary alicyclic amines) is 1. The Balaban J connectivity index is 1.46. The van der Waals surface area contributed by atoms with Crippen molar-refractivity contribution in [1.29, 1.82) is 0 Å². The largest absolute Gasteiger partial charge is 0.446 e. The number of nitrogens with one attached hydrogen (secondary N) is 1. The lowest BCUT2D eigenvalue weighted by Gasteiger charge is -2.32. The number of nitrogens with two attached hydrogens (primary N) is 1. The summed E-state index contributed by atoms with van der Waals surface area (Å²) in [6.07, 6.45) is 5.04. The second-order valence-electron chi connectivity index (χ2n) is 6.98. The highest BCUT2D eigenvalue weighted by molar-refractivity contribution is 5.92. The van der Waals surface area contributed by atoms with Gasteiger partial charge in [0.15, 0.2) is 5.69 Å². The summed E-state index contributed by atoms with van der Waals surface area (Å²) in [7, 11) is 0. The van der Waals surface area contributed by atoms with Crippen LogP contribution in [0.1, 0.15) is 60.6 Å². The summed E-state index contributed by atoms with van der Waals surface area (Å²) in [5.74, 6) is 0.264. The summed E-state index contributed by atoms with van der Waals surface area (Å²) in [5.41, 5.74) is 7.63. The lowest BCUT2D eigenvalue weighted by molar-refractivity contribution is 0.0904. The number of aromatic nitrogens is 1. The van der Waals surface area contributed by atoms with Crippen LogP contribution in [0.3, 0.4) is 0 Å². The second-order valence-corrected chi connectivity index (χ2v) is 6.98. The zero-order valence-corrected chi connectivity index (χ0v) is 15.4. The molecule has 0 aliphatic carbocycles. The molecule has 6 nitrogen and oxygen atoms in total. The molecule has 0 saturated carbocycles.